The van der Waals surface area contributed by atoms with Gasteiger partial charge >= 0.3 is 0 Å². The molecule has 0 radical (unpaired) electrons. The van der Waals surface area contributed by atoms with Crippen LogP contribution in [0.15, 0.2) is 30.9 Å². The number of nitrogens with one attached hydrogen (secondary N) is 1. The Kier molecular flexibility index (Phi) is 5.01. The Bertz CT molecular complexity index is 488. The van der Waals surface area contributed by atoms with Gasteiger partial charge in [0.05, 0.1) is 6.54 Å². The lowest BCUT2D eigenvalue weighted by Gasteiger charge is -2.21. The fourth-order valence-corrected chi connectivity index (χ4v) is 2.03. The second kappa shape index (κ2) is 6.96. The quantitative estimate of drug-likeness (QED) is 0.606. The van der Waals surface area contributed by atoms with Gasteiger partial charge in [-0.1, -0.05) is 12.1 Å². The van der Waals surface area contributed by atoms with E-state index in [9.17, 15) is 4.79 Å². The molecule has 0 aliphatic carbocycles. The van der Waals surface area contributed by atoms with Crippen LogP contribution in [0.4, 0.5) is 0 Å². The van der Waals surface area contributed by atoms with Crippen LogP contribution >= 0.6 is 0 Å². The molecule has 0 bridgehead atoms. The highest BCUT2D eigenvalue weighted by molar-refractivity contribution is 5.78. The third-order valence-corrected chi connectivity index (χ3v) is 3.11. The number of nitrogens with zero attached hydrogens (tertiary/aromatic N) is 1. The molecular formula is C15H20N2O3. The monoisotopic (exact) mass is 276 g/mol. The van der Waals surface area contributed by atoms with Crippen molar-refractivity contribution in [3.63, 3.8) is 0 Å². The fraction of sp³-hybridized carbons (Fsp3) is 0.400. The molecular weight excluding hydrogens is 256 g/mol. The average molecular weight is 276 g/mol. The predicted molar refractivity (Wildman–Crippen MR) is 76.7 cm³/mol. The Labute approximate surface area is 119 Å². The largest absolute Gasteiger partial charge is 0.454 e. The van der Waals surface area contributed by atoms with Crippen LogP contribution in [0.5, 0.6) is 11.5 Å². The van der Waals surface area contributed by atoms with Gasteiger partial charge in [0.1, 0.15) is 0 Å². The maximum Gasteiger partial charge on any atom is 0.236 e. The first-order chi connectivity index (χ1) is 9.74. The lowest BCUT2D eigenvalue weighted by atomic mass is 10.2. The van der Waals surface area contributed by atoms with Crippen LogP contribution in [0.3, 0.4) is 0 Å². The molecule has 0 saturated carbocycles. The van der Waals surface area contributed by atoms with Crippen LogP contribution in [0.1, 0.15) is 12.5 Å². The fourth-order valence-electron chi connectivity index (χ4n) is 2.03. The van der Waals surface area contributed by atoms with Crippen molar-refractivity contribution in [2.24, 2.45) is 0 Å². The highest BCUT2D eigenvalue weighted by Gasteiger charge is 2.16. The van der Waals surface area contributed by atoms with Crippen molar-refractivity contribution in [1.29, 1.82) is 0 Å². The van der Waals surface area contributed by atoms with Gasteiger partial charge in [0, 0.05) is 19.6 Å². The van der Waals surface area contributed by atoms with Gasteiger partial charge in [-0.15, -0.1) is 6.58 Å². The third-order valence-electron chi connectivity index (χ3n) is 3.11. The predicted octanol–water partition coefficient (Wildman–Crippen LogP) is 1.54. The molecule has 1 aliphatic heterocycles. The summed E-state index contributed by atoms with van der Waals surface area (Å²) >= 11 is 0. The van der Waals surface area contributed by atoms with Gasteiger partial charge < -0.3 is 19.7 Å². The molecule has 1 heterocycles. The topological polar surface area (TPSA) is 50.8 Å². The van der Waals surface area contributed by atoms with E-state index in [-0.39, 0.29) is 12.7 Å². The molecule has 0 aromatic heterocycles. The second-order valence-corrected chi connectivity index (χ2v) is 4.52. The molecule has 0 unspecified atom stereocenters. The summed E-state index contributed by atoms with van der Waals surface area (Å²) in [6.07, 6.45) is 1.74. The molecule has 2 rings (SSSR count). The smallest absolute Gasteiger partial charge is 0.236 e. The SMILES string of the molecule is C=CCNCC(=O)N(CC)Cc1ccc2c(c1)OCO2. The molecule has 20 heavy (non-hydrogen) atoms. The Hall–Kier alpha value is -2.01. The molecule has 1 aromatic rings. The summed E-state index contributed by atoms with van der Waals surface area (Å²) in [6.45, 7) is 8.04. The molecule has 1 aliphatic rings. The lowest BCUT2D eigenvalue weighted by molar-refractivity contribution is -0.130. The van der Waals surface area contributed by atoms with Gasteiger partial charge in [-0.2, -0.15) is 0 Å². The van der Waals surface area contributed by atoms with E-state index in [4.69, 9.17) is 9.47 Å². The minimum atomic E-state index is 0.0759. The van der Waals surface area contributed by atoms with Crippen LogP contribution in [-0.2, 0) is 11.3 Å². The third kappa shape index (κ3) is 3.51. The molecule has 0 atom stereocenters. The zero-order chi connectivity index (χ0) is 14.4. The Morgan fingerprint density at radius 3 is 3.00 bits per heavy atom. The van der Waals surface area contributed by atoms with Gasteiger partial charge in [0.15, 0.2) is 11.5 Å². The molecule has 0 fully saturated rings. The van der Waals surface area contributed by atoms with Gasteiger partial charge in [0.2, 0.25) is 12.7 Å². The number of benzene rings is 1. The number of carbonyl (C=O) groups excluding carboxylic acids is 1. The van der Waals surface area contributed by atoms with Gasteiger partial charge in [-0.05, 0) is 24.6 Å². The molecule has 1 amide bonds. The minimum Gasteiger partial charge on any atom is -0.454 e. The van der Waals surface area contributed by atoms with E-state index in [1.807, 2.05) is 25.1 Å². The maximum atomic E-state index is 12.1. The zero-order valence-corrected chi connectivity index (χ0v) is 11.7. The molecule has 0 saturated heterocycles. The van der Waals surface area contributed by atoms with E-state index < -0.39 is 0 Å². The summed E-state index contributed by atoms with van der Waals surface area (Å²) in [6, 6.07) is 5.77. The highest BCUT2D eigenvalue weighted by atomic mass is 16.7. The number of ether oxygens (including phenoxy) is 2. The van der Waals surface area contributed by atoms with Crippen molar-refractivity contribution < 1.29 is 14.3 Å². The van der Waals surface area contributed by atoms with Gasteiger partial charge in [-0.3, -0.25) is 4.79 Å². The van der Waals surface area contributed by atoms with Crippen molar-refractivity contribution in [3.8, 4) is 11.5 Å². The first-order valence-electron chi connectivity index (χ1n) is 6.72. The van der Waals surface area contributed by atoms with E-state index in [2.05, 4.69) is 11.9 Å². The first kappa shape index (κ1) is 14.4. The van der Waals surface area contributed by atoms with Crippen LogP contribution in [0.2, 0.25) is 0 Å². The Morgan fingerprint density at radius 1 is 1.45 bits per heavy atom. The van der Waals surface area contributed by atoms with Crippen LogP contribution in [0, 0.1) is 0 Å². The van der Waals surface area contributed by atoms with Gasteiger partial charge in [0.25, 0.3) is 0 Å². The molecule has 1 aromatic carbocycles. The number of rotatable bonds is 7. The summed E-state index contributed by atoms with van der Waals surface area (Å²) in [5.41, 5.74) is 1.04. The summed E-state index contributed by atoms with van der Waals surface area (Å²) < 4.78 is 10.6. The van der Waals surface area contributed by atoms with Crippen molar-refractivity contribution in [2.75, 3.05) is 26.4 Å². The van der Waals surface area contributed by atoms with Gasteiger partial charge in [-0.25, -0.2) is 0 Å². The summed E-state index contributed by atoms with van der Waals surface area (Å²) in [5, 5.41) is 3.02. The number of hydrogen-bond donors (Lipinski definition) is 1. The lowest BCUT2D eigenvalue weighted by Crippen LogP contribution is -2.37. The van der Waals surface area contributed by atoms with Crippen molar-refractivity contribution in [2.45, 2.75) is 13.5 Å². The van der Waals surface area contributed by atoms with E-state index in [1.165, 1.54) is 0 Å². The van der Waals surface area contributed by atoms with E-state index >= 15 is 0 Å². The number of fused-ring (bicyclic) bond motifs is 1. The molecule has 1 N–H and O–H groups in total. The Balaban J connectivity index is 1.95. The number of amides is 1. The summed E-state index contributed by atoms with van der Waals surface area (Å²) in [7, 11) is 0. The first-order valence-corrected chi connectivity index (χ1v) is 6.72. The minimum absolute atomic E-state index is 0.0759. The molecule has 5 heteroatoms. The standard InChI is InChI=1S/C15H20N2O3/c1-3-7-16-9-15(18)17(4-2)10-12-5-6-13-14(8-12)20-11-19-13/h3,5-6,8,16H,1,4,7,9-11H2,2H3. The molecule has 108 valence electrons. The van der Waals surface area contributed by atoms with E-state index in [0.717, 1.165) is 17.1 Å². The number of hydrogen-bond acceptors (Lipinski definition) is 4. The summed E-state index contributed by atoms with van der Waals surface area (Å²) in [4.78, 5) is 13.9. The highest BCUT2D eigenvalue weighted by Crippen LogP contribution is 2.32. The average Bonchev–Trinajstić information content (AvgIpc) is 2.92. The number of carbonyl (C=O) groups is 1. The Morgan fingerprint density at radius 2 is 2.25 bits per heavy atom. The normalized spacial score (nSPS) is 12.2. The van der Waals surface area contributed by atoms with Crippen molar-refractivity contribution >= 4 is 5.91 Å². The van der Waals surface area contributed by atoms with E-state index in [0.29, 0.717) is 26.2 Å². The zero-order valence-electron chi connectivity index (χ0n) is 11.7. The van der Waals surface area contributed by atoms with E-state index in [1.54, 1.807) is 11.0 Å². The van der Waals surface area contributed by atoms with Crippen LogP contribution in [0.25, 0.3) is 0 Å². The maximum absolute atomic E-state index is 12.1. The summed E-state index contributed by atoms with van der Waals surface area (Å²) in [5.74, 6) is 1.58. The van der Waals surface area contributed by atoms with Crippen molar-refractivity contribution in [1.82, 2.24) is 10.2 Å². The molecule has 0 spiro atoms. The molecule has 5 nitrogen and oxygen atoms in total. The number of likely N-dealkylation sites (N-methyl/N-ethyl adjacent to an activating group) is 1. The van der Waals surface area contributed by atoms with Crippen LogP contribution in [-0.4, -0.2) is 37.2 Å². The van der Waals surface area contributed by atoms with Crippen LogP contribution < -0.4 is 14.8 Å². The van der Waals surface area contributed by atoms with Crippen molar-refractivity contribution in [3.05, 3.63) is 36.4 Å². The second-order valence-electron chi connectivity index (χ2n) is 4.52.